The fraction of sp³-hybridized carbons (Fsp3) is 0. The number of rotatable bonds is 5. The minimum absolute atomic E-state index is 0.637. The van der Waals surface area contributed by atoms with Crippen LogP contribution >= 0.6 is 0 Å². The Balaban J connectivity index is 1.18. The second-order valence-electron chi connectivity index (χ2n) is 13.2. The molecule has 0 fully saturated rings. The maximum absolute atomic E-state index is 5.24. The van der Waals surface area contributed by atoms with Crippen molar-refractivity contribution in [1.29, 1.82) is 0 Å². The topological polar surface area (TPSA) is 38.7 Å². The minimum Gasteiger partial charge on any atom is -0.208 e. The molecule has 0 atom stereocenters. The molecule has 0 aliphatic heterocycles. The van der Waals surface area contributed by atoms with Gasteiger partial charge < -0.3 is 0 Å². The highest BCUT2D eigenvalue weighted by molar-refractivity contribution is 6.12. The van der Waals surface area contributed by atoms with Gasteiger partial charge in [0.25, 0.3) is 0 Å². The van der Waals surface area contributed by atoms with Crippen LogP contribution in [0.2, 0.25) is 0 Å². The summed E-state index contributed by atoms with van der Waals surface area (Å²) in [5.74, 6) is 1.94. The van der Waals surface area contributed by atoms with E-state index in [0.29, 0.717) is 17.5 Å². The fourth-order valence-corrected chi connectivity index (χ4v) is 7.65. The second-order valence-corrected chi connectivity index (χ2v) is 13.2. The third kappa shape index (κ3) is 5.10. The SMILES string of the molecule is c1ccc(-c2ccc(-c3cccc(-c4nc(-c5cccc6ccccc56)nc(-c5cccc6c5ccc5ccccc56)n4)c3)c3ccccc23)cc1. The molecule has 0 amide bonds. The van der Waals surface area contributed by atoms with Crippen LogP contribution in [-0.2, 0) is 0 Å². The van der Waals surface area contributed by atoms with Crippen molar-refractivity contribution in [3.63, 3.8) is 0 Å². The lowest BCUT2D eigenvalue weighted by Gasteiger charge is -2.14. The van der Waals surface area contributed by atoms with Crippen molar-refractivity contribution in [3.05, 3.63) is 188 Å². The molecule has 0 unspecified atom stereocenters. The maximum atomic E-state index is 5.24. The Morgan fingerprint density at radius 1 is 0.231 bits per heavy atom. The second kappa shape index (κ2) is 12.4. The summed E-state index contributed by atoms with van der Waals surface area (Å²) in [6.45, 7) is 0. The van der Waals surface area contributed by atoms with Gasteiger partial charge in [0.15, 0.2) is 17.5 Å². The first kappa shape index (κ1) is 29.9. The fourth-order valence-electron chi connectivity index (χ4n) is 7.65. The van der Waals surface area contributed by atoms with E-state index in [-0.39, 0.29) is 0 Å². The van der Waals surface area contributed by atoms with Gasteiger partial charge in [-0.3, -0.25) is 0 Å². The number of nitrogens with zero attached hydrogens (tertiary/aromatic N) is 3. The van der Waals surface area contributed by atoms with Gasteiger partial charge in [0.1, 0.15) is 0 Å². The molecule has 0 saturated heterocycles. The van der Waals surface area contributed by atoms with Crippen LogP contribution < -0.4 is 0 Å². The number of hydrogen-bond acceptors (Lipinski definition) is 3. The number of fused-ring (bicyclic) bond motifs is 5. The largest absolute Gasteiger partial charge is 0.208 e. The van der Waals surface area contributed by atoms with Crippen molar-refractivity contribution in [2.24, 2.45) is 0 Å². The first-order chi connectivity index (χ1) is 25.8. The van der Waals surface area contributed by atoms with Gasteiger partial charge in [-0.25, -0.2) is 15.0 Å². The predicted molar refractivity (Wildman–Crippen MR) is 217 cm³/mol. The van der Waals surface area contributed by atoms with Crippen LogP contribution in [0.5, 0.6) is 0 Å². The van der Waals surface area contributed by atoms with Crippen molar-refractivity contribution in [2.75, 3.05) is 0 Å². The van der Waals surface area contributed by atoms with Crippen LogP contribution in [0.25, 0.3) is 99.5 Å². The normalized spacial score (nSPS) is 11.5. The van der Waals surface area contributed by atoms with Crippen molar-refractivity contribution < 1.29 is 0 Å². The van der Waals surface area contributed by atoms with Crippen molar-refractivity contribution >= 4 is 43.1 Å². The molecule has 242 valence electrons. The van der Waals surface area contributed by atoms with E-state index >= 15 is 0 Å². The van der Waals surface area contributed by atoms with E-state index in [0.717, 1.165) is 38.4 Å². The van der Waals surface area contributed by atoms with Crippen LogP contribution in [0.1, 0.15) is 0 Å². The summed E-state index contributed by atoms with van der Waals surface area (Å²) < 4.78 is 0. The highest BCUT2D eigenvalue weighted by Crippen LogP contribution is 2.38. The quantitative estimate of drug-likeness (QED) is 0.172. The molecule has 10 rings (SSSR count). The minimum atomic E-state index is 0.637. The first-order valence-electron chi connectivity index (χ1n) is 17.6. The molecule has 0 aliphatic carbocycles. The zero-order valence-electron chi connectivity index (χ0n) is 28.2. The molecular formula is C49H31N3. The molecule has 1 aromatic heterocycles. The zero-order chi connectivity index (χ0) is 34.4. The van der Waals surface area contributed by atoms with Crippen LogP contribution in [0.15, 0.2) is 188 Å². The van der Waals surface area contributed by atoms with E-state index in [1.54, 1.807) is 0 Å². The number of aromatic nitrogens is 3. The van der Waals surface area contributed by atoms with E-state index in [1.807, 2.05) is 0 Å². The van der Waals surface area contributed by atoms with E-state index in [4.69, 9.17) is 15.0 Å². The maximum Gasteiger partial charge on any atom is 0.164 e. The molecule has 52 heavy (non-hydrogen) atoms. The lowest BCUT2D eigenvalue weighted by molar-refractivity contribution is 1.08. The molecule has 0 radical (unpaired) electrons. The highest BCUT2D eigenvalue weighted by Gasteiger charge is 2.17. The van der Waals surface area contributed by atoms with Crippen LogP contribution in [0, 0.1) is 0 Å². The summed E-state index contributed by atoms with van der Waals surface area (Å²) in [7, 11) is 0. The highest BCUT2D eigenvalue weighted by atomic mass is 15.0. The Morgan fingerprint density at radius 2 is 0.692 bits per heavy atom. The standard InChI is InChI=1S/C49H31N3/c1-2-13-32(14-3-1)39-29-30-40(42-23-9-8-22-41(39)42)35-18-10-19-36(31-35)47-50-48(45-25-11-17-33-15-4-7-21-38(33)45)52-49(51-47)46-26-12-24-43-37-20-6-5-16-34(37)27-28-44(43)46/h1-31H. The average Bonchev–Trinajstić information content (AvgIpc) is 3.23. The van der Waals surface area contributed by atoms with Gasteiger partial charge in [0.05, 0.1) is 0 Å². The van der Waals surface area contributed by atoms with Gasteiger partial charge in [-0.15, -0.1) is 0 Å². The summed E-state index contributed by atoms with van der Waals surface area (Å²) in [6.07, 6.45) is 0. The smallest absolute Gasteiger partial charge is 0.164 e. The van der Waals surface area contributed by atoms with E-state index in [1.165, 1.54) is 43.6 Å². The van der Waals surface area contributed by atoms with Crippen molar-refractivity contribution in [1.82, 2.24) is 15.0 Å². The molecule has 10 aromatic rings. The third-order valence-corrected chi connectivity index (χ3v) is 10.1. The summed E-state index contributed by atoms with van der Waals surface area (Å²) in [5.41, 5.74) is 7.60. The molecule has 1 heterocycles. The molecule has 3 heteroatoms. The molecule has 0 spiro atoms. The third-order valence-electron chi connectivity index (χ3n) is 10.1. The summed E-state index contributed by atoms with van der Waals surface area (Å²) in [4.78, 5) is 15.7. The lowest BCUT2D eigenvalue weighted by atomic mass is 9.91. The van der Waals surface area contributed by atoms with E-state index in [2.05, 4.69) is 188 Å². The van der Waals surface area contributed by atoms with E-state index in [9.17, 15) is 0 Å². The predicted octanol–water partition coefficient (Wildman–Crippen LogP) is 12.8. The van der Waals surface area contributed by atoms with Crippen LogP contribution in [0.3, 0.4) is 0 Å². The lowest BCUT2D eigenvalue weighted by Crippen LogP contribution is -2.01. The Hall–Kier alpha value is -6.97. The zero-order valence-corrected chi connectivity index (χ0v) is 28.2. The molecule has 0 saturated carbocycles. The van der Waals surface area contributed by atoms with Crippen molar-refractivity contribution in [2.45, 2.75) is 0 Å². The Morgan fingerprint density at radius 3 is 1.44 bits per heavy atom. The first-order valence-corrected chi connectivity index (χ1v) is 17.6. The van der Waals surface area contributed by atoms with Gasteiger partial charge in [0.2, 0.25) is 0 Å². The van der Waals surface area contributed by atoms with Crippen LogP contribution in [0.4, 0.5) is 0 Å². The average molecular weight is 662 g/mol. The number of hydrogen-bond donors (Lipinski definition) is 0. The van der Waals surface area contributed by atoms with Gasteiger partial charge >= 0.3 is 0 Å². The monoisotopic (exact) mass is 661 g/mol. The van der Waals surface area contributed by atoms with Gasteiger partial charge in [-0.2, -0.15) is 0 Å². The van der Waals surface area contributed by atoms with Gasteiger partial charge in [-0.05, 0) is 71.4 Å². The molecular weight excluding hydrogens is 631 g/mol. The summed E-state index contributed by atoms with van der Waals surface area (Å²) >= 11 is 0. The van der Waals surface area contributed by atoms with Crippen molar-refractivity contribution in [3.8, 4) is 56.4 Å². The molecule has 3 nitrogen and oxygen atoms in total. The number of benzene rings is 9. The Labute approximate surface area is 301 Å². The molecule has 0 bridgehead atoms. The molecule has 0 N–H and O–H groups in total. The molecule has 0 aliphatic rings. The summed E-state index contributed by atoms with van der Waals surface area (Å²) in [5, 5.41) is 9.39. The Bertz CT molecular complexity index is 2960. The van der Waals surface area contributed by atoms with Crippen LogP contribution in [-0.4, -0.2) is 15.0 Å². The molecule has 9 aromatic carbocycles. The Kier molecular flexibility index (Phi) is 7.14. The van der Waals surface area contributed by atoms with Gasteiger partial charge in [0, 0.05) is 16.7 Å². The van der Waals surface area contributed by atoms with E-state index < -0.39 is 0 Å². The van der Waals surface area contributed by atoms with Gasteiger partial charge in [-0.1, -0.05) is 182 Å². The summed E-state index contributed by atoms with van der Waals surface area (Å²) in [6, 6.07) is 66.4.